The Balaban J connectivity index is 1.30. The van der Waals surface area contributed by atoms with Crippen LogP contribution in [0.3, 0.4) is 0 Å². The molecule has 1 saturated heterocycles. The summed E-state index contributed by atoms with van der Waals surface area (Å²) in [4.78, 5) is 18.7. The Labute approximate surface area is 205 Å². The van der Waals surface area contributed by atoms with Crippen LogP contribution in [0.2, 0.25) is 0 Å². The minimum Gasteiger partial charge on any atom is -0.390 e. The zero-order chi connectivity index (χ0) is 24.1. The van der Waals surface area contributed by atoms with E-state index in [9.17, 15) is 9.90 Å². The number of benzene rings is 2. The molecular formula is C29H41N3O2. The predicted octanol–water partition coefficient (Wildman–Crippen LogP) is 3.87. The van der Waals surface area contributed by atoms with Crippen LogP contribution >= 0.6 is 0 Å². The number of piperidine rings is 1. The lowest BCUT2D eigenvalue weighted by Crippen LogP contribution is -2.41. The molecule has 0 amide bonds. The summed E-state index contributed by atoms with van der Waals surface area (Å²) in [5.41, 5.74) is 5.93. The summed E-state index contributed by atoms with van der Waals surface area (Å²) in [5, 5.41) is 10.7. The molecule has 0 aromatic heterocycles. The Bertz CT molecular complexity index is 952. The highest BCUT2D eigenvalue weighted by Gasteiger charge is 2.23. The molecule has 0 radical (unpaired) electrons. The molecule has 3 atom stereocenters. The molecule has 5 heteroatoms. The number of rotatable bonds is 9. The first-order valence-electron chi connectivity index (χ1n) is 12.9. The molecular weight excluding hydrogens is 422 g/mol. The van der Waals surface area contributed by atoms with Gasteiger partial charge in [0.1, 0.15) is 6.29 Å². The van der Waals surface area contributed by atoms with E-state index in [0.29, 0.717) is 24.9 Å². The smallest absolute Gasteiger partial charge is 0.150 e. The van der Waals surface area contributed by atoms with Crippen LogP contribution in [0.1, 0.15) is 47.3 Å². The largest absolute Gasteiger partial charge is 0.390 e. The molecule has 0 spiro atoms. The zero-order valence-corrected chi connectivity index (χ0v) is 21.1. The van der Waals surface area contributed by atoms with Crippen molar-refractivity contribution in [3.63, 3.8) is 0 Å². The molecule has 34 heavy (non-hydrogen) atoms. The fourth-order valence-corrected chi connectivity index (χ4v) is 5.82. The van der Waals surface area contributed by atoms with Crippen LogP contribution in [0.25, 0.3) is 0 Å². The van der Waals surface area contributed by atoms with E-state index in [1.165, 1.54) is 23.2 Å². The topological polar surface area (TPSA) is 47.0 Å². The molecule has 5 nitrogen and oxygen atoms in total. The van der Waals surface area contributed by atoms with Crippen LogP contribution in [-0.2, 0) is 19.4 Å². The molecule has 2 aromatic carbocycles. The van der Waals surface area contributed by atoms with Crippen LogP contribution in [0.4, 0.5) is 5.69 Å². The number of aliphatic hydroxyl groups is 1. The van der Waals surface area contributed by atoms with E-state index in [-0.39, 0.29) is 6.10 Å². The molecule has 4 rings (SSSR count). The van der Waals surface area contributed by atoms with Gasteiger partial charge in [-0.3, -0.25) is 9.69 Å². The van der Waals surface area contributed by atoms with Gasteiger partial charge >= 0.3 is 0 Å². The van der Waals surface area contributed by atoms with Gasteiger partial charge in [0, 0.05) is 57.1 Å². The number of aldehydes is 1. The van der Waals surface area contributed by atoms with Crippen molar-refractivity contribution in [1.29, 1.82) is 0 Å². The minimum absolute atomic E-state index is 0.386. The second-order valence-corrected chi connectivity index (χ2v) is 10.8. The Hall–Kier alpha value is -2.21. The summed E-state index contributed by atoms with van der Waals surface area (Å²) in [7, 11) is 2.06. The average molecular weight is 464 g/mol. The molecule has 2 aliphatic heterocycles. The highest BCUT2D eigenvalue weighted by Crippen LogP contribution is 2.28. The SMILES string of the molecule is CC1CC(C)CN(c2ccc(C=O)c(CCN(C)CC(O)CN3CCc4ccccc4C3)c2)C1. The summed E-state index contributed by atoms with van der Waals surface area (Å²) in [6.07, 6.45) is 3.74. The van der Waals surface area contributed by atoms with Gasteiger partial charge in [0.05, 0.1) is 6.10 Å². The van der Waals surface area contributed by atoms with E-state index in [2.05, 4.69) is 72.0 Å². The fraction of sp³-hybridized carbons (Fsp3) is 0.552. The number of carbonyl (C=O) groups excluding carboxylic acids is 1. The van der Waals surface area contributed by atoms with Crippen LogP contribution in [-0.4, -0.2) is 73.6 Å². The number of anilines is 1. The van der Waals surface area contributed by atoms with Crippen molar-refractivity contribution in [2.24, 2.45) is 11.8 Å². The monoisotopic (exact) mass is 463 g/mol. The predicted molar refractivity (Wildman–Crippen MR) is 140 cm³/mol. The van der Waals surface area contributed by atoms with Gasteiger partial charge in [-0.1, -0.05) is 38.1 Å². The number of β-amino-alcohol motifs (C(OH)–C–C–N with tert-alkyl or cyclic N) is 1. The second kappa shape index (κ2) is 11.5. The van der Waals surface area contributed by atoms with Crippen molar-refractivity contribution in [3.05, 3.63) is 64.7 Å². The van der Waals surface area contributed by atoms with Gasteiger partial charge in [0.25, 0.3) is 0 Å². The number of aliphatic hydroxyl groups excluding tert-OH is 1. The standard InChI is InChI=1S/C29H41N3O2/c1-22-14-23(2)17-32(16-22)28-9-8-27(21-33)25(15-28)10-12-30(3)19-29(34)20-31-13-11-24-6-4-5-7-26(24)18-31/h4-9,15,21-23,29,34H,10-14,16-20H2,1-3H3. The Morgan fingerprint density at radius 3 is 2.59 bits per heavy atom. The maximum atomic E-state index is 11.7. The van der Waals surface area contributed by atoms with Crippen LogP contribution in [0.5, 0.6) is 0 Å². The van der Waals surface area contributed by atoms with Crippen LogP contribution < -0.4 is 4.90 Å². The molecule has 3 unspecified atom stereocenters. The Kier molecular flexibility index (Phi) is 8.41. The van der Waals surface area contributed by atoms with E-state index >= 15 is 0 Å². The van der Waals surface area contributed by atoms with Crippen molar-refractivity contribution in [2.75, 3.05) is 51.2 Å². The normalized spacial score (nSPS) is 22.0. The van der Waals surface area contributed by atoms with Gasteiger partial charge in [0.2, 0.25) is 0 Å². The van der Waals surface area contributed by atoms with Crippen LogP contribution in [0.15, 0.2) is 42.5 Å². The van der Waals surface area contributed by atoms with E-state index in [4.69, 9.17) is 0 Å². The van der Waals surface area contributed by atoms with E-state index in [1.807, 2.05) is 6.07 Å². The van der Waals surface area contributed by atoms with Crippen molar-refractivity contribution in [1.82, 2.24) is 9.80 Å². The number of fused-ring (bicyclic) bond motifs is 1. The summed E-state index contributed by atoms with van der Waals surface area (Å²) in [6.45, 7) is 10.9. The van der Waals surface area contributed by atoms with Crippen LogP contribution in [0, 0.1) is 11.8 Å². The van der Waals surface area contributed by atoms with Gasteiger partial charge in [-0.25, -0.2) is 0 Å². The maximum absolute atomic E-state index is 11.7. The van der Waals surface area contributed by atoms with E-state index in [1.54, 1.807) is 0 Å². The quantitative estimate of drug-likeness (QED) is 0.572. The van der Waals surface area contributed by atoms with Gasteiger partial charge in [-0.05, 0) is 73.0 Å². The third-order valence-corrected chi connectivity index (χ3v) is 7.45. The second-order valence-electron chi connectivity index (χ2n) is 10.8. The first-order valence-corrected chi connectivity index (χ1v) is 12.9. The van der Waals surface area contributed by atoms with Crippen molar-refractivity contribution >= 4 is 12.0 Å². The third kappa shape index (κ3) is 6.47. The number of carbonyl (C=O) groups is 1. The number of hydrogen-bond donors (Lipinski definition) is 1. The number of hydrogen-bond acceptors (Lipinski definition) is 5. The average Bonchev–Trinajstić information content (AvgIpc) is 2.81. The lowest BCUT2D eigenvalue weighted by molar-refractivity contribution is 0.0771. The van der Waals surface area contributed by atoms with Crippen molar-refractivity contribution < 1.29 is 9.90 Å². The molecule has 0 aliphatic carbocycles. The third-order valence-electron chi connectivity index (χ3n) is 7.45. The highest BCUT2D eigenvalue weighted by atomic mass is 16.3. The Morgan fingerprint density at radius 2 is 1.85 bits per heavy atom. The highest BCUT2D eigenvalue weighted by molar-refractivity contribution is 5.78. The zero-order valence-electron chi connectivity index (χ0n) is 21.1. The van der Waals surface area contributed by atoms with Gasteiger partial charge in [0.15, 0.2) is 0 Å². The molecule has 2 heterocycles. The van der Waals surface area contributed by atoms with Crippen molar-refractivity contribution in [3.8, 4) is 0 Å². The van der Waals surface area contributed by atoms with Gasteiger partial charge in [-0.15, -0.1) is 0 Å². The molecule has 2 aromatic rings. The first kappa shape index (κ1) is 24.9. The van der Waals surface area contributed by atoms with Crippen molar-refractivity contribution in [2.45, 2.75) is 45.8 Å². The number of likely N-dealkylation sites (N-methyl/N-ethyl adjacent to an activating group) is 1. The van der Waals surface area contributed by atoms with E-state index in [0.717, 1.165) is 63.0 Å². The van der Waals surface area contributed by atoms with Gasteiger partial charge in [-0.2, -0.15) is 0 Å². The van der Waals surface area contributed by atoms with E-state index < -0.39 is 0 Å². The molecule has 0 saturated carbocycles. The summed E-state index contributed by atoms with van der Waals surface area (Å²) >= 11 is 0. The maximum Gasteiger partial charge on any atom is 0.150 e. The molecule has 184 valence electrons. The summed E-state index contributed by atoms with van der Waals surface area (Å²) in [6, 6.07) is 14.9. The Morgan fingerprint density at radius 1 is 1.12 bits per heavy atom. The molecule has 1 N–H and O–H groups in total. The number of nitrogens with zero attached hydrogens (tertiary/aromatic N) is 3. The molecule has 0 bridgehead atoms. The summed E-state index contributed by atoms with van der Waals surface area (Å²) in [5.74, 6) is 1.39. The van der Waals surface area contributed by atoms with Gasteiger partial charge < -0.3 is 14.9 Å². The first-order chi connectivity index (χ1) is 16.4. The summed E-state index contributed by atoms with van der Waals surface area (Å²) < 4.78 is 0. The minimum atomic E-state index is -0.386. The lowest BCUT2D eigenvalue weighted by atomic mass is 9.91. The molecule has 2 aliphatic rings. The molecule has 1 fully saturated rings. The fourth-order valence-electron chi connectivity index (χ4n) is 5.82. The lowest BCUT2D eigenvalue weighted by Gasteiger charge is -2.37.